The summed E-state index contributed by atoms with van der Waals surface area (Å²) in [6.07, 6.45) is 1.34. The lowest BCUT2D eigenvalue weighted by atomic mass is 10.1. The number of carboxylic acids is 1. The Bertz CT molecular complexity index is 601. The fourth-order valence-electron chi connectivity index (χ4n) is 1.83. The van der Waals surface area contributed by atoms with Gasteiger partial charge in [0, 0.05) is 16.4 Å². The minimum Gasteiger partial charge on any atom is -0.478 e. The van der Waals surface area contributed by atoms with Crippen molar-refractivity contribution in [2.75, 3.05) is 5.32 Å². The van der Waals surface area contributed by atoms with Crippen molar-refractivity contribution in [1.82, 2.24) is 4.98 Å². The van der Waals surface area contributed by atoms with Crippen molar-refractivity contribution in [3.05, 3.63) is 51.6 Å². The van der Waals surface area contributed by atoms with Crippen LogP contribution >= 0.6 is 15.9 Å². The van der Waals surface area contributed by atoms with Crippen LogP contribution < -0.4 is 5.32 Å². The molecule has 1 aromatic carbocycles. The summed E-state index contributed by atoms with van der Waals surface area (Å²) >= 11 is 3.45. The first-order valence-corrected chi connectivity index (χ1v) is 6.50. The summed E-state index contributed by atoms with van der Waals surface area (Å²) in [5, 5.41) is 12.0. The van der Waals surface area contributed by atoms with Crippen LogP contribution in [0.2, 0.25) is 0 Å². The van der Waals surface area contributed by atoms with Crippen LogP contribution in [0.5, 0.6) is 0 Å². The molecular weight excluding hydrogens is 308 g/mol. The quantitative estimate of drug-likeness (QED) is 0.900. The van der Waals surface area contributed by atoms with Gasteiger partial charge in [-0.3, -0.25) is 0 Å². The van der Waals surface area contributed by atoms with Crippen LogP contribution in [0.1, 0.15) is 21.5 Å². The van der Waals surface area contributed by atoms with Crippen LogP contribution in [-0.2, 0) is 0 Å². The molecule has 0 saturated heterocycles. The third-order valence-electron chi connectivity index (χ3n) is 2.76. The van der Waals surface area contributed by atoms with Crippen molar-refractivity contribution in [3.8, 4) is 0 Å². The summed E-state index contributed by atoms with van der Waals surface area (Å²) in [4.78, 5) is 14.8. The number of carboxylic acid groups (broad SMARTS) is 1. The van der Waals surface area contributed by atoms with E-state index in [9.17, 15) is 4.79 Å². The normalized spacial score (nSPS) is 10.3. The van der Waals surface area contributed by atoms with Gasteiger partial charge >= 0.3 is 5.97 Å². The molecule has 0 atom stereocenters. The van der Waals surface area contributed by atoms with E-state index in [1.807, 2.05) is 26.0 Å². The largest absolute Gasteiger partial charge is 0.478 e. The summed E-state index contributed by atoms with van der Waals surface area (Å²) < 4.78 is 1.03. The van der Waals surface area contributed by atoms with Crippen LogP contribution in [0.25, 0.3) is 0 Å². The molecule has 0 saturated carbocycles. The van der Waals surface area contributed by atoms with Crippen molar-refractivity contribution in [1.29, 1.82) is 0 Å². The monoisotopic (exact) mass is 320 g/mol. The van der Waals surface area contributed by atoms with Crippen LogP contribution in [0, 0.1) is 13.8 Å². The SMILES string of the molecule is Cc1cc(Br)cc(C)c1Nc1ccc(C(=O)O)cn1. The Morgan fingerprint density at radius 2 is 1.89 bits per heavy atom. The predicted molar refractivity (Wildman–Crippen MR) is 78.1 cm³/mol. The molecule has 5 heteroatoms. The van der Waals surface area contributed by atoms with Crippen molar-refractivity contribution in [3.63, 3.8) is 0 Å². The Labute approximate surface area is 119 Å². The predicted octanol–water partition coefficient (Wildman–Crippen LogP) is 3.90. The van der Waals surface area contributed by atoms with E-state index in [-0.39, 0.29) is 5.56 Å². The number of carbonyl (C=O) groups is 1. The first kappa shape index (κ1) is 13.5. The molecule has 0 radical (unpaired) electrons. The van der Waals surface area contributed by atoms with E-state index < -0.39 is 5.97 Å². The van der Waals surface area contributed by atoms with E-state index in [0.717, 1.165) is 21.3 Å². The molecular formula is C14H13BrN2O2. The molecule has 0 amide bonds. The fourth-order valence-corrected chi connectivity index (χ4v) is 2.52. The number of aromatic carboxylic acids is 1. The van der Waals surface area contributed by atoms with Gasteiger partial charge in [0.2, 0.25) is 0 Å². The number of aryl methyl sites for hydroxylation is 2. The second-order valence-electron chi connectivity index (χ2n) is 4.28. The minimum atomic E-state index is -0.977. The molecule has 0 aliphatic heterocycles. The molecule has 0 unspecified atom stereocenters. The molecule has 1 aromatic heterocycles. The molecule has 1 heterocycles. The highest BCUT2D eigenvalue weighted by Crippen LogP contribution is 2.27. The van der Waals surface area contributed by atoms with Crippen molar-refractivity contribution >= 4 is 33.4 Å². The van der Waals surface area contributed by atoms with Crippen molar-refractivity contribution < 1.29 is 9.90 Å². The zero-order valence-corrected chi connectivity index (χ0v) is 12.2. The number of aromatic nitrogens is 1. The van der Waals surface area contributed by atoms with Gasteiger partial charge in [-0.25, -0.2) is 9.78 Å². The molecule has 0 aliphatic rings. The van der Waals surface area contributed by atoms with Crippen molar-refractivity contribution in [2.24, 2.45) is 0 Å². The minimum absolute atomic E-state index is 0.176. The van der Waals surface area contributed by atoms with Gasteiger partial charge < -0.3 is 10.4 Å². The summed E-state index contributed by atoms with van der Waals surface area (Å²) in [5.74, 6) is -0.353. The standard InChI is InChI=1S/C14H13BrN2O2/c1-8-5-11(15)6-9(2)13(8)17-12-4-3-10(7-16-12)14(18)19/h3-7H,1-2H3,(H,16,17)(H,18,19). The molecule has 0 fully saturated rings. The lowest BCUT2D eigenvalue weighted by molar-refractivity contribution is 0.0696. The highest BCUT2D eigenvalue weighted by atomic mass is 79.9. The number of hydrogen-bond donors (Lipinski definition) is 2. The first-order chi connectivity index (χ1) is 8.97. The smallest absolute Gasteiger partial charge is 0.337 e. The highest BCUT2D eigenvalue weighted by molar-refractivity contribution is 9.10. The number of benzene rings is 1. The lowest BCUT2D eigenvalue weighted by Crippen LogP contribution is -2.01. The van der Waals surface area contributed by atoms with Crippen LogP contribution in [0.3, 0.4) is 0 Å². The van der Waals surface area contributed by atoms with E-state index in [4.69, 9.17) is 5.11 Å². The van der Waals surface area contributed by atoms with Gasteiger partial charge in [0.15, 0.2) is 0 Å². The topological polar surface area (TPSA) is 62.2 Å². The van der Waals surface area contributed by atoms with E-state index in [0.29, 0.717) is 5.82 Å². The molecule has 19 heavy (non-hydrogen) atoms. The third kappa shape index (κ3) is 3.12. The molecule has 2 N–H and O–H groups in total. The molecule has 4 nitrogen and oxygen atoms in total. The number of nitrogens with zero attached hydrogens (tertiary/aromatic N) is 1. The maximum atomic E-state index is 10.8. The number of hydrogen-bond acceptors (Lipinski definition) is 3. The van der Waals surface area contributed by atoms with Gasteiger partial charge in [-0.15, -0.1) is 0 Å². The second kappa shape index (κ2) is 5.40. The van der Waals surface area contributed by atoms with E-state index in [1.54, 1.807) is 6.07 Å². The van der Waals surface area contributed by atoms with E-state index >= 15 is 0 Å². The van der Waals surface area contributed by atoms with Crippen LogP contribution in [-0.4, -0.2) is 16.1 Å². The van der Waals surface area contributed by atoms with Gasteiger partial charge in [-0.1, -0.05) is 15.9 Å². The van der Waals surface area contributed by atoms with Gasteiger partial charge in [0.25, 0.3) is 0 Å². The van der Waals surface area contributed by atoms with E-state index in [1.165, 1.54) is 12.3 Å². The van der Waals surface area contributed by atoms with Crippen LogP contribution in [0.4, 0.5) is 11.5 Å². The molecule has 0 spiro atoms. The molecule has 2 aromatic rings. The highest BCUT2D eigenvalue weighted by Gasteiger charge is 2.07. The Morgan fingerprint density at radius 3 is 2.37 bits per heavy atom. The average Bonchev–Trinajstić information content (AvgIpc) is 2.34. The summed E-state index contributed by atoms with van der Waals surface area (Å²) in [5.41, 5.74) is 3.35. The summed E-state index contributed by atoms with van der Waals surface area (Å²) in [7, 11) is 0. The Hall–Kier alpha value is -1.88. The molecule has 0 aliphatic carbocycles. The number of nitrogens with one attached hydrogen (secondary N) is 1. The zero-order chi connectivity index (χ0) is 14.0. The third-order valence-corrected chi connectivity index (χ3v) is 3.22. The zero-order valence-electron chi connectivity index (χ0n) is 10.6. The Balaban J connectivity index is 2.29. The number of halogens is 1. The van der Waals surface area contributed by atoms with Crippen molar-refractivity contribution in [2.45, 2.75) is 13.8 Å². The lowest BCUT2D eigenvalue weighted by Gasteiger charge is -2.12. The molecule has 98 valence electrons. The summed E-state index contributed by atoms with van der Waals surface area (Å²) in [6.45, 7) is 4.01. The fraction of sp³-hybridized carbons (Fsp3) is 0.143. The molecule has 0 bridgehead atoms. The van der Waals surface area contributed by atoms with Gasteiger partial charge in [-0.2, -0.15) is 0 Å². The van der Waals surface area contributed by atoms with Gasteiger partial charge in [0.05, 0.1) is 5.56 Å². The summed E-state index contributed by atoms with van der Waals surface area (Å²) in [6, 6.07) is 7.22. The van der Waals surface area contributed by atoms with Gasteiger partial charge in [0.1, 0.15) is 5.82 Å². The van der Waals surface area contributed by atoms with Crippen LogP contribution in [0.15, 0.2) is 34.9 Å². The first-order valence-electron chi connectivity index (χ1n) is 5.70. The maximum absolute atomic E-state index is 10.8. The average molecular weight is 321 g/mol. The Morgan fingerprint density at radius 1 is 1.26 bits per heavy atom. The van der Waals surface area contributed by atoms with E-state index in [2.05, 4.69) is 26.2 Å². The number of pyridine rings is 1. The number of anilines is 2. The number of rotatable bonds is 3. The van der Waals surface area contributed by atoms with Gasteiger partial charge in [-0.05, 0) is 49.2 Å². The molecule has 2 rings (SSSR count). The second-order valence-corrected chi connectivity index (χ2v) is 5.19. The Kier molecular flexibility index (Phi) is 3.85. The maximum Gasteiger partial charge on any atom is 0.337 e.